The summed E-state index contributed by atoms with van der Waals surface area (Å²) in [7, 11) is 0. The first-order valence-electron chi connectivity index (χ1n) is 2.08. The molecule has 0 bridgehead atoms. The average Bonchev–Trinajstić information content (AvgIpc) is 1.84. The summed E-state index contributed by atoms with van der Waals surface area (Å²) in [5.74, 6) is 0. The quantitative estimate of drug-likeness (QED) is 0.386. The molecule has 0 radical (unpaired) electrons. The van der Waals surface area contributed by atoms with E-state index >= 15 is 0 Å². The molecule has 60 valence electrons. The minimum absolute atomic E-state index is 0.0989. The molecule has 0 aliphatic carbocycles. The van der Waals surface area contributed by atoms with Gasteiger partial charge in [0, 0.05) is 0 Å². The number of hydrogen-bond donors (Lipinski definition) is 2. The molecule has 0 saturated carbocycles. The molecule has 0 amide bonds. The van der Waals surface area contributed by atoms with E-state index in [-0.39, 0.29) is 23.9 Å². The predicted molar refractivity (Wildman–Crippen MR) is 38.7 cm³/mol. The van der Waals surface area contributed by atoms with Gasteiger partial charge in [-0.3, -0.25) is 0 Å². The van der Waals surface area contributed by atoms with Gasteiger partial charge in [0.15, 0.2) is 0 Å². The highest BCUT2D eigenvalue weighted by Gasteiger charge is 2.13. The highest BCUT2D eigenvalue weighted by atomic mass is 32.2. The van der Waals surface area contributed by atoms with Crippen LogP contribution in [0, 0.1) is 11.5 Å². The third-order valence-corrected chi connectivity index (χ3v) is 1.66. The average molecular weight is 194 g/mol. The first-order chi connectivity index (χ1) is 5.06. The van der Waals surface area contributed by atoms with Crippen molar-refractivity contribution in [2.75, 3.05) is 0 Å². The lowest BCUT2D eigenvalue weighted by molar-refractivity contribution is 0.221. The van der Waals surface area contributed by atoms with Crippen LogP contribution < -0.4 is 0 Å². The highest BCUT2D eigenvalue weighted by molar-refractivity contribution is 8.25. The van der Waals surface area contributed by atoms with Crippen LogP contribution in [0.4, 0.5) is 9.59 Å². The van der Waals surface area contributed by atoms with Gasteiger partial charge in [0.25, 0.3) is 0 Å². The Kier molecular flexibility index (Phi) is 4.24. The Morgan fingerprint density at radius 3 is 1.82 bits per heavy atom. The van der Waals surface area contributed by atoms with E-state index in [9.17, 15) is 9.59 Å². The van der Waals surface area contributed by atoms with Gasteiger partial charge in [0.1, 0.15) is 0 Å². The number of carbonyl (C=O) groups is 2. The summed E-state index contributed by atoms with van der Waals surface area (Å²) in [6, 6.07) is 0. The van der Waals surface area contributed by atoms with Gasteiger partial charge >= 0.3 is 10.6 Å². The second kappa shape index (κ2) is 4.70. The molecule has 0 aromatic heterocycles. The van der Waals surface area contributed by atoms with Crippen LogP contribution in [-0.4, -0.2) is 24.5 Å². The maximum atomic E-state index is 9.91. The molecule has 0 aromatic carbocycles. The number of hydrogen-bond acceptors (Lipinski definition) is 6. The van der Waals surface area contributed by atoms with E-state index < -0.39 is 10.6 Å². The molecule has 0 fully saturated rings. The normalized spacial score (nSPS) is 8.27. The predicted octanol–water partition coefficient (Wildman–Crippen LogP) is 1.42. The SMILES string of the molecule is N#CN(SC(=O)O)SC(=O)O. The fraction of sp³-hybridized carbons (Fsp3) is 0. The van der Waals surface area contributed by atoms with Crippen LogP contribution in [0.2, 0.25) is 0 Å². The molecular formula is C3H2N2O4S2. The van der Waals surface area contributed by atoms with Gasteiger partial charge in [-0.1, -0.05) is 0 Å². The highest BCUT2D eigenvalue weighted by Crippen LogP contribution is 2.20. The van der Waals surface area contributed by atoms with E-state index in [1.54, 1.807) is 0 Å². The van der Waals surface area contributed by atoms with Crippen molar-refractivity contribution < 1.29 is 19.8 Å². The van der Waals surface area contributed by atoms with Crippen LogP contribution in [0.25, 0.3) is 0 Å². The van der Waals surface area contributed by atoms with Crippen molar-refractivity contribution in [1.82, 2.24) is 3.71 Å². The summed E-state index contributed by atoms with van der Waals surface area (Å²) >= 11 is 0.198. The second-order valence-electron chi connectivity index (χ2n) is 1.07. The fourth-order valence-electron chi connectivity index (χ4n) is 0.201. The summed E-state index contributed by atoms with van der Waals surface area (Å²) in [6.45, 7) is 0. The zero-order valence-corrected chi connectivity index (χ0v) is 6.55. The Bertz CT molecular complexity index is 196. The van der Waals surface area contributed by atoms with E-state index in [2.05, 4.69) is 0 Å². The summed E-state index contributed by atoms with van der Waals surface area (Å²) in [4.78, 5) is 19.8. The van der Waals surface area contributed by atoms with Gasteiger partial charge < -0.3 is 10.2 Å². The third kappa shape index (κ3) is 5.38. The lowest BCUT2D eigenvalue weighted by atomic mass is 11.5. The van der Waals surface area contributed by atoms with Gasteiger partial charge in [-0.15, -0.1) is 0 Å². The van der Waals surface area contributed by atoms with Gasteiger partial charge in [-0.05, 0) is 0 Å². The van der Waals surface area contributed by atoms with E-state index in [0.717, 1.165) is 0 Å². The van der Waals surface area contributed by atoms with Crippen molar-refractivity contribution in [3.8, 4) is 6.19 Å². The smallest absolute Gasteiger partial charge is 0.387 e. The monoisotopic (exact) mass is 194 g/mol. The molecule has 0 rings (SSSR count). The first kappa shape index (κ1) is 9.93. The molecule has 6 nitrogen and oxygen atoms in total. The van der Waals surface area contributed by atoms with Crippen LogP contribution in [0.1, 0.15) is 0 Å². The Hall–Kier alpha value is -1.07. The van der Waals surface area contributed by atoms with E-state index in [0.29, 0.717) is 3.71 Å². The van der Waals surface area contributed by atoms with Crippen LogP contribution >= 0.6 is 23.9 Å². The fourth-order valence-corrected chi connectivity index (χ4v) is 1.10. The van der Waals surface area contributed by atoms with E-state index in [1.807, 2.05) is 0 Å². The van der Waals surface area contributed by atoms with Crippen LogP contribution in [-0.2, 0) is 0 Å². The van der Waals surface area contributed by atoms with E-state index in [1.165, 1.54) is 6.19 Å². The van der Waals surface area contributed by atoms with Gasteiger partial charge in [-0.2, -0.15) is 8.97 Å². The topological polar surface area (TPSA) is 102 Å². The summed E-state index contributed by atoms with van der Waals surface area (Å²) in [5.41, 5.74) is 0. The van der Waals surface area contributed by atoms with Crippen LogP contribution in [0.15, 0.2) is 0 Å². The van der Waals surface area contributed by atoms with Gasteiger partial charge in [0.05, 0.1) is 23.9 Å². The first-order valence-corrected chi connectivity index (χ1v) is 3.62. The van der Waals surface area contributed by atoms with Crippen molar-refractivity contribution in [3.63, 3.8) is 0 Å². The molecule has 11 heavy (non-hydrogen) atoms. The molecule has 0 atom stereocenters. The molecule has 0 unspecified atom stereocenters. The summed E-state index contributed by atoms with van der Waals surface area (Å²) < 4.78 is 0.463. The van der Waals surface area contributed by atoms with Crippen molar-refractivity contribution >= 4 is 34.5 Å². The second-order valence-corrected chi connectivity index (χ2v) is 3.10. The molecule has 8 heteroatoms. The Morgan fingerprint density at radius 1 is 1.27 bits per heavy atom. The van der Waals surface area contributed by atoms with Gasteiger partial charge in [0.2, 0.25) is 6.19 Å². The largest absolute Gasteiger partial charge is 0.472 e. The van der Waals surface area contributed by atoms with Gasteiger partial charge in [-0.25, -0.2) is 9.59 Å². The Morgan fingerprint density at radius 2 is 1.64 bits per heavy atom. The third-order valence-electron chi connectivity index (χ3n) is 0.404. The molecule has 0 saturated heterocycles. The number of nitriles is 1. The summed E-state index contributed by atoms with van der Waals surface area (Å²) in [5, 5.41) is 21.6. The Balaban J connectivity index is 3.89. The van der Waals surface area contributed by atoms with Crippen molar-refractivity contribution in [3.05, 3.63) is 0 Å². The van der Waals surface area contributed by atoms with Crippen molar-refractivity contribution in [2.24, 2.45) is 0 Å². The zero-order valence-electron chi connectivity index (χ0n) is 4.92. The number of rotatable bonds is 2. The van der Waals surface area contributed by atoms with E-state index in [4.69, 9.17) is 15.5 Å². The number of carboxylic acid groups (broad SMARTS) is 2. The lowest BCUT2D eigenvalue weighted by Crippen LogP contribution is -2.04. The van der Waals surface area contributed by atoms with Crippen LogP contribution in [0.3, 0.4) is 0 Å². The maximum absolute atomic E-state index is 9.91. The standard InChI is InChI=1S/C3H2N2O4S2/c4-1-5(10-2(6)7)11-3(8)9/h(H,6,7)(H,8,9). The minimum atomic E-state index is -1.33. The van der Waals surface area contributed by atoms with Crippen LogP contribution in [0.5, 0.6) is 0 Å². The lowest BCUT2D eigenvalue weighted by Gasteiger charge is -2.03. The molecule has 0 heterocycles. The molecule has 0 spiro atoms. The zero-order chi connectivity index (χ0) is 8.85. The molecule has 0 aliphatic rings. The number of nitrogens with zero attached hydrogens (tertiary/aromatic N) is 2. The molecule has 0 aromatic rings. The maximum Gasteiger partial charge on any atom is 0.387 e. The molecule has 0 aliphatic heterocycles. The summed E-state index contributed by atoms with van der Waals surface area (Å²) in [6.07, 6.45) is 1.36. The Labute approximate surface area is 70.1 Å². The molecular weight excluding hydrogens is 192 g/mol. The van der Waals surface area contributed by atoms with Crippen molar-refractivity contribution in [1.29, 1.82) is 5.26 Å². The molecule has 2 N–H and O–H groups in total. The minimum Gasteiger partial charge on any atom is -0.472 e. The van der Waals surface area contributed by atoms with Crippen molar-refractivity contribution in [2.45, 2.75) is 0 Å².